The van der Waals surface area contributed by atoms with Crippen LogP contribution < -0.4 is 11.1 Å². The van der Waals surface area contributed by atoms with Gasteiger partial charge in [-0.25, -0.2) is 19.6 Å². The highest BCUT2D eigenvalue weighted by atomic mass is 32.2. The number of amides is 3. The average Bonchev–Trinajstić information content (AvgIpc) is 2.88. The van der Waals surface area contributed by atoms with Crippen LogP contribution in [-0.4, -0.2) is 39.7 Å². The molecule has 0 aliphatic heterocycles. The van der Waals surface area contributed by atoms with Crippen molar-refractivity contribution in [2.45, 2.75) is 44.9 Å². The number of aryl methyl sites for hydroxylation is 2. The molecule has 2 aromatic heterocycles. The first-order valence-electron chi connectivity index (χ1n) is 8.37. The predicted molar refractivity (Wildman–Crippen MR) is 105 cm³/mol. The van der Waals surface area contributed by atoms with Crippen LogP contribution in [0.3, 0.4) is 0 Å². The first-order valence-corrected chi connectivity index (χ1v) is 10.1. The number of ether oxygens (including phenoxy) is 1. The zero-order valence-electron chi connectivity index (χ0n) is 15.8. The van der Waals surface area contributed by atoms with Gasteiger partial charge in [0.25, 0.3) is 0 Å². The Labute approximate surface area is 165 Å². The van der Waals surface area contributed by atoms with Crippen molar-refractivity contribution >= 4 is 51.2 Å². The Morgan fingerprint density at radius 1 is 1.26 bits per heavy atom. The minimum absolute atomic E-state index is 0.0804. The van der Waals surface area contributed by atoms with Gasteiger partial charge in [0.2, 0.25) is 5.91 Å². The molecule has 0 saturated carbocycles. The average molecular weight is 411 g/mol. The number of thiophene rings is 1. The number of carbonyl (C=O) groups excluding carboxylic acids is 3. The van der Waals surface area contributed by atoms with Gasteiger partial charge in [-0.1, -0.05) is 25.6 Å². The number of thioether (sulfide) groups is 1. The topological polar surface area (TPSA) is 124 Å². The van der Waals surface area contributed by atoms with Gasteiger partial charge in [0.05, 0.1) is 11.9 Å². The summed E-state index contributed by atoms with van der Waals surface area (Å²) in [6.07, 6.45) is 0. The minimum atomic E-state index is -0.897. The third kappa shape index (κ3) is 4.75. The van der Waals surface area contributed by atoms with E-state index in [0.717, 1.165) is 5.39 Å². The number of nitrogens with two attached hydrogens (primary N) is 1. The van der Waals surface area contributed by atoms with Crippen LogP contribution in [0.2, 0.25) is 0 Å². The second-order valence-corrected chi connectivity index (χ2v) is 8.30. The fourth-order valence-corrected chi connectivity index (χ4v) is 4.90. The van der Waals surface area contributed by atoms with Gasteiger partial charge in [0.1, 0.15) is 20.6 Å². The summed E-state index contributed by atoms with van der Waals surface area (Å²) >= 11 is 2.47. The number of imide groups is 1. The van der Waals surface area contributed by atoms with Gasteiger partial charge < -0.3 is 10.5 Å². The molecule has 0 aliphatic rings. The van der Waals surface area contributed by atoms with Crippen molar-refractivity contribution in [3.63, 3.8) is 0 Å². The van der Waals surface area contributed by atoms with E-state index in [1.807, 2.05) is 20.8 Å². The standard InChI is InChI=1S/C17H22N4O4S2/c1-6-25-16(23)12-8(4)10-14(19-9(5)20-15(10)27-12)26-11(7(2)3)13(22)21-17(18)24/h7,11H,6H2,1-5H3,(H3,18,21,22,24). The van der Waals surface area contributed by atoms with E-state index in [1.165, 1.54) is 23.1 Å². The van der Waals surface area contributed by atoms with Gasteiger partial charge in [-0.05, 0) is 32.3 Å². The molecule has 10 heteroatoms. The van der Waals surface area contributed by atoms with Gasteiger partial charge >= 0.3 is 12.0 Å². The summed E-state index contributed by atoms with van der Waals surface area (Å²) in [7, 11) is 0. The van der Waals surface area contributed by atoms with E-state index in [2.05, 4.69) is 15.3 Å². The summed E-state index contributed by atoms with van der Waals surface area (Å²) in [5, 5.41) is 2.85. The highest BCUT2D eigenvalue weighted by Crippen LogP contribution is 2.38. The van der Waals surface area contributed by atoms with Crippen LogP contribution in [0.4, 0.5) is 4.79 Å². The number of hydrogen-bond donors (Lipinski definition) is 2. The van der Waals surface area contributed by atoms with Crippen LogP contribution in [0, 0.1) is 19.8 Å². The molecule has 1 unspecified atom stereocenters. The van der Waals surface area contributed by atoms with Gasteiger partial charge in [-0.15, -0.1) is 11.3 Å². The molecule has 8 nitrogen and oxygen atoms in total. The first kappa shape index (κ1) is 21.1. The molecule has 1 atom stereocenters. The number of carbonyl (C=O) groups is 3. The normalized spacial score (nSPS) is 12.2. The number of urea groups is 1. The molecular weight excluding hydrogens is 388 g/mol. The fraction of sp³-hybridized carbons (Fsp3) is 0.471. The SMILES string of the molecule is CCOC(=O)c1sc2nc(C)nc(SC(C(=O)NC(N)=O)C(C)C)c2c1C. The zero-order chi connectivity index (χ0) is 20.3. The third-order valence-corrected chi connectivity index (χ3v) is 6.38. The van der Waals surface area contributed by atoms with Gasteiger partial charge in [0, 0.05) is 5.39 Å². The second-order valence-electron chi connectivity index (χ2n) is 6.17. The molecule has 0 saturated heterocycles. The largest absolute Gasteiger partial charge is 0.462 e. The molecule has 2 rings (SSSR count). The van der Waals surface area contributed by atoms with Gasteiger partial charge in [-0.3, -0.25) is 10.1 Å². The Morgan fingerprint density at radius 2 is 1.93 bits per heavy atom. The number of esters is 1. The Kier molecular flexibility index (Phi) is 6.77. The summed E-state index contributed by atoms with van der Waals surface area (Å²) in [4.78, 5) is 45.6. The second kappa shape index (κ2) is 8.66. The molecule has 0 fully saturated rings. The Hall–Kier alpha value is -2.20. The summed E-state index contributed by atoms with van der Waals surface area (Å²) in [5.41, 5.74) is 5.79. The van der Waals surface area contributed by atoms with E-state index in [4.69, 9.17) is 10.5 Å². The van der Waals surface area contributed by atoms with E-state index < -0.39 is 23.2 Å². The fourth-order valence-electron chi connectivity index (χ4n) is 2.49. The third-order valence-electron chi connectivity index (χ3n) is 3.68. The molecule has 0 aromatic carbocycles. The van der Waals surface area contributed by atoms with Crippen LogP contribution in [0.15, 0.2) is 5.03 Å². The molecule has 0 radical (unpaired) electrons. The van der Waals surface area contributed by atoms with Crippen molar-refractivity contribution in [2.75, 3.05) is 6.61 Å². The lowest BCUT2D eigenvalue weighted by Crippen LogP contribution is -2.42. The Morgan fingerprint density at radius 3 is 2.48 bits per heavy atom. The molecule has 27 heavy (non-hydrogen) atoms. The van der Waals surface area contributed by atoms with Gasteiger partial charge in [-0.2, -0.15) is 0 Å². The number of nitrogens with one attached hydrogen (secondary N) is 1. The predicted octanol–water partition coefficient (Wildman–Crippen LogP) is 2.80. The summed E-state index contributed by atoms with van der Waals surface area (Å²) in [6, 6.07) is -0.897. The zero-order valence-corrected chi connectivity index (χ0v) is 17.4. The molecule has 0 aliphatic carbocycles. The van der Waals surface area contributed by atoms with Crippen molar-refractivity contribution < 1.29 is 19.1 Å². The van der Waals surface area contributed by atoms with Crippen molar-refractivity contribution in [1.29, 1.82) is 0 Å². The van der Waals surface area contributed by atoms with E-state index in [9.17, 15) is 14.4 Å². The molecule has 0 spiro atoms. The highest BCUT2D eigenvalue weighted by molar-refractivity contribution is 8.00. The molecular formula is C17H22N4O4S2. The monoisotopic (exact) mass is 410 g/mol. The molecule has 3 amide bonds. The van der Waals surface area contributed by atoms with Crippen molar-refractivity contribution in [3.05, 3.63) is 16.3 Å². The van der Waals surface area contributed by atoms with Crippen LogP contribution in [-0.2, 0) is 9.53 Å². The lowest BCUT2D eigenvalue weighted by Gasteiger charge is -2.19. The first-order chi connectivity index (χ1) is 12.6. The van der Waals surface area contributed by atoms with Crippen LogP contribution in [0.1, 0.15) is 41.8 Å². The lowest BCUT2D eigenvalue weighted by atomic mass is 10.1. The van der Waals surface area contributed by atoms with Crippen molar-refractivity contribution in [1.82, 2.24) is 15.3 Å². The Balaban J connectivity index is 2.52. The summed E-state index contributed by atoms with van der Waals surface area (Å²) in [6.45, 7) is 9.32. The van der Waals surface area contributed by atoms with E-state index >= 15 is 0 Å². The number of primary amides is 1. The van der Waals surface area contributed by atoms with Crippen molar-refractivity contribution in [2.24, 2.45) is 11.7 Å². The highest BCUT2D eigenvalue weighted by Gasteiger charge is 2.28. The molecule has 146 valence electrons. The van der Waals surface area contributed by atoms with Crippen molar-refractivity contribution in [3.8, 4) is 0 Å². The number of hydrogen-bond acceptors (Lipinski definition) is 8. The number of aromatic nitrogens is 2. The maximum Gasteiger partial charge on any atom is 0.348 e. The minimum Gasteiger partial charge on any atom is -0.462 e. The molecule has 2 aromatic rings. The van der Waals surface area contributed by atoms with E-state index in [1.54, 1.807) is 13.8 Å². The van der Waals surface area contributed by atoms with E-state index in [-0.39, 0.29) is 12.5 Å². The number of nitrogens with zero attached hydrogens (tertiary/aromatic N) is 2. The number of fused-ring (bicyclic) bond motifs is 1. The molecule has 2 heterocycles. The molecule has 3 N–H and O–H groups in total. The van der Waals surface area contributed by atoms with Gasteiger partial charge in [0.15, 0.2) is 0 Å². The summed E-state index contributed by atoms with van der Waals surface area (Å²) < 4.78 is 5.11. The van der Waals surface area contributed by atoms with Crippen LogP contribution in [0.25, 0.3) is 10.2 Å². The maximum absolute atomic E-state index is 12.4. The smallest absolute Gasteiger partial charge is 0.348 e. The van der Waals surface area contributed by atoms with Crippen LogP contribution >= 0.6 is 23.1 Å². The number of rotatable bonds is 6. The quantitative estimate of drug-likeness (QED) is 0.426. The van der Waals surface area contributed by atoms with Crippen LogP contribution in [0.5, 0.6) is 0 Å². The summed E-state index contributed by atoms with van der Waals surface area (Å²) in [5.74, 6) is -0.438. The lowest BCUT2D eigenvalue weighted by molar-refractivity contribution is -0.120. The van der Waals surface area contributed by atoms with E-state index in [0.29, 0.717) is 26.1 Å². The maximum atomic E-state index is 12.4. The molecule has 0 bridgehead atoms. The Bertz CT molecular complexity index is 895.